The second kappa shape index (κ2) is 5.89. The summed E-state index contributed by atoms with van der Waals surface area (Å²) in [6, 6.07) is 16.3. The maximum atomic E-state index is 12.2. The largest absolute Gasteiger partial charge is 0.573 e. The molecule has 3 nitrogen and oxygen atoms in total. The summed E-state index contributed by atoms with van der Waals surface area (Å²) in [7, 11) is 0. The first-order valence-electron chi connectivity index (χ1n) is 6.89. The third-order valence-corrected chi connectivity index (χ3v) is 3.41. The number of pyridine rings is 1. The van der Waals surface area contributed by atoms with Crippen molar-refractivity contribution in [3.63, 3.8) is 0 Å². The zero-order valence-corrected chi connectivity index (χ0v) is 11.9. The third kappa shape index (κ3) is 3.60. The minimum absolute atomic E-state index is 0.278. The van der Waals surface area contributed by atoms with Crippen LogP contribution in [0.3, 0.4) is 0 Å². The highest BCUT2D eigenvalue weighted by Crippen LogP contribution is 2.26. The quantitative estimate of drug-likeness (QED) is 0.788. The van der Waals surface area contributed by atoms with E-state index >= 15 is 0 Å². The number of ether oxygens (including phenoxy) is 1. The van der Waals surface area contributed by atoms with E-state index in [4.69, 9.17) is 5.73 Å². The molecule has 3 rings (SSSR count). The van der Waals surface area contributed by atoms with Crippen LogP contribution in [0.4, 0.5) is 13.2 Å². The van der Waals surface area contributed by atoms with Gasteiger partial charge in [0.2, 0.25) is 0 Å². The fourth-order valence-corrected chi connectivity index (χ4v) is 2.30. The number of rotatable bonds is 3. The van der Waals surface area contributed by atoms with Crippen molar-refractivity contribution in [2.45, 2.75) is 12.4 Å². The first-order chi connectivity index (χ1) is 10.9. The molecule has 0 spiro atoms. The number of halogens is 3. The lowest BCUT2D eigenvalue weighted by molar-refractivity contribution is -0.274. The van der Waals surface area contributed by atoms with Gasteiger partial charge in [-0.05, 0) is 29.8 Å². The summed E-state index contributed by atoms with van der Waals surface area (Å²) in [5.74, 6) is -0.278. The number of hydrogen-bond donors (Lipinski definition) is 1. The molecule has 0 saturated heterocycles. The Morgan fingerprint density at radius 1 is 0.913 bits per heavy atom. The summed E-state index contributed by atoms with van der Waals surface area (Å²) in [6.45, 7) is 0. The molecule has 2 aromatic carbocycles. The molecule has 1 heterocycles. The van der Waals surface area contributed by atoms with Gasteiger partial charge in [-0.25, -0.2) is 0 Å². The van der Waals surface area contributed by atoms with Gasteiger partial charge in [0, 0.05) is 5.39 Å². The molecule has 0 aliphatic carbocycles. The Morgan fingerprint density at radius 3 is 2.30 bits per heavy atom. The smallest absolute Gasteiger partial charge is 0.406 e. The van der Waals surface area contributed by atoms with Crippen molar-refractivity contribution in [1.82, 2.24) is 4.98 Å². The molecule has 0 amide bonds. The summed E-state index contributed by atoms with van der Waals surface area (Å²) < 4.78 is 40.3. The average Bonchev–Trinajstić information content (AvgIpc) is 2.53. The van der Waals surface area contributed by atoms with Crippen LogP contribution in [-0.4, -0.2) is 11.3 Å². The van der Waals surface area contributed by atoms with E-state index in [1.165, 1.54) is 24.3 Å². The topological polar surface area (TPSA) is 48.1 Å². The van der Waals surface area contributed by atoms with Gasteiger partial charge in [-0.2, -0.15) is 0 Å². The molecule has 0 fully saturated rings. The summed E-state index contributed by atoms with van der Waals surface area (Å²) in [4.78, 5) is 4.50. The fraction of sp³-hybridized carbons (Fsp3) is 0.118. The van der Waals surface area contributed by atoms with Gasteiger partial charge in [0.1, 0.15) is 5.75 Å². The van der Waals surface area contributed by atoms with E-state index in [1.807, 2.05) is 36.4 Å². The molecule has 0 saturated carbocycles. The Labute approximate surface area is 130 Å². The Morgan fingerprint density at radius 2 is 1.61 bits per heavy atom. The molecule has 3 aromatic rings. The van der Waals surface area contributed by atoms with Gasteiger partial charge in [-0.3, -0.25) is 4.98 Å². The predicted octanol–water partition coefficient (Wildman–Crippen LogP) is 4.18. The van der Waals surface area contributed by atoms with Crippen molar-refractivity contribution in [2.75, 3.05) is 0 Å². The van der Waals surface area contributed by atoms with Crippen molar-refractivity contribution in [3.05, 3.63) is 71.9 Å². The molecule has 0 aliphatic rings. The zero-order chi connectivity index (χ0) is 16.4. The number of nitrogens with two attached hydrogens (primary N) is 1. The van der Waals surface area contributed by atoms with Crippen LogP contribution in [0.1, 0.15) is 17.3 Å². The highest BCUT2D eigenvalue weighted by Gasteiger charge is 2.31. The molecule has 6 heteroatoms. The van der Waals surface area contributed by atoms with Crippen LogP contribution >= 0.6 is 0 Å². The second-order valence-electron chi connectivity index (χ2n) is 5.02. The van der Waals surface area contributed by atoms with E-state index in [2.05, 4.69) is 9.72 Å². The number of hydrogen-bond acceptors (Lipinski definition) is 3. The number of para-hydroxylation sites is 1. The van der Waals surface area contributed by atoms with E-state index in [0.29, 0.717) is 11.3 Å². The molecular formula is C17H13F3N2O. The molecule has 1 aromatic heterocycles. The Kier molecular flexibility index (Phi) is 3.92. The third-order valence-electron chi connectivity index (χ3n) is 3.41. The van der Waals surface area contributed by atoms with Gasteiger partial charge in [-0.1, -0.05) is 36.4 Å². The van der Waals surface area contributed by atoms with E-state index in [9.17, 15) is 13.2 Å². The second-order valence-corrected chi connectivity index (χ2v) is 5.02. The molecule has 0 unspecified atom stereocenters. The molecule has 118 valence electrons. The van der Waals surface area contributed by atoms with Crippen molar-refractivity contribution in [2.24, 2.45) is 5.73 Å². The number of benzene rings is 2. The standard InChI is InChI=1S/C17H13F3N2O/c18-17(19,20)23-13-8-5-12(6-9-13)16(21)15-10-7-11-3-1-2-4-14(11)22-15/h1-10,16H,21H2/t16-/m0/s1. The van der Waals surface area contributed by atoms with E-state index in [0.717, 1.165) is 10.9 Å². The number of aromatic nitrogens is 1. The normalized spacial score (nSPS) is 13.0. The van der Waals surface area contributed by atoms with Gasteiger partial charge >= 0.3 is 6.36 Å². The summed E-state index contributed by atoms with van der Waals surface area (Å²) in [5.41, 5.74) is 8.28. The van der Waals surface area contributed by atoms with Gasteiger partial charge < -0.3 is 10.5 Å². The van der Waals surface area contributed by atoms with Crippen LogP contribution in [0.25, 0.3) is 10.9 Å². The summed E-state index contributed by atoms with van der Waals surface area (Å²) in [5, 5.41) is 0.998. The first-order valence-corrected chi connectivity index (χ1v) is 6.89. The van der Waals surface area contributed by atoms with E-state index in [1.54, 1.807) is 0 Å². The van der Waals surface area contributed by atoms with Crippen molar-refractivity contribution in [3.8, 4) is 5.75 Å². The van der Waals surface area contributed by atoms with E-state index < -0.39 is 12.4 Å². The van der Waals surface area contributed by atoms with Crippen LogP contribution in [0.15, 0.2) is 60.7 Å². The maximum Gasteiger partial charge on any atom is 0.573 e. The van der Waals surface area contributed by atoms with Crippen LogP contribution < -0.4 is 10.5 Å². The van der Waals surface area contributed by atoms with Crippen LogP contribution in [0.2, 0.25) is 0 Å². The monoisotopic (exact) mass is 318 g/mol. The lowest BCUT2D eigenvalue weighted by Gasteiger charge is -2.14. The number of fused-ring (bicyclic) bond motifs is 1. The highest BCUT2D eigenvalue weighted by atomic mass is 19.4. The molecule has 23 heavy (non-hydrogen) atoms. The Balaban J connectivity index is 1.85. The summed E-state index contributed by atoms with van der Waals surface area (Å²) in [6.07, 6.45) is -4.70. The molecular weight excluding hydrogens is 305 g/mol. The number of nitrogens with zero attached hydrogens (tertiary/aromatic N) is 1. The average molecular weight is 318 g/mol. The first kappa shape index (κ1) is 15.3. The fourth-order valence-electron chi connectivity index (χ4n) is 2.30. The zero-order valence-electron chi connectivity index (χ0n) is 11.9. The van der Waals surface area contributed by atoms with Crippen LogP contribution in [-0.2, 0) is 0 Å². The van der Waals surface area contributed by atoms with Crippen LogP contribution in [0, 0.1) is 0 Å². The van der Waals surface area contributed by atoms with Crippen molar-refractivity contribution >= 4 is 10.9 Å². The molecule has 0 bridgehead atoms. The lowest BCUT2D eigenvalue weighted by Crippen LogP contribution is -2.17. The minimum Gasteiger partial charge on any atom is -0.406 e. The molecule has 2 N–H and O–H groups in total. The maximum absolute atomic E-state index is 12.2. The van der Waals surface area contributed by atoms with Crippen molar-refractivity contribution in [1.29, 1.82) is 0 Å². The van der Waals surface area contributed by atoms with Gasteiger partial charge in [0.15, 0.2) is 0 Å². The Hall–Kier alpha value is -2.60. The van der Waals surface area contributed by atoms with Crippen molar-refractivity contribution < 1.29 is 17.9 Å². The Bertz CT molecular complexity index is 816. The lowest BCUT2D eigenvalue weighted by atomic mass is 10.0. The molecule has 0 radical (unpaired) electrons. The molecule has 1 atom stereocenters. The van der Waals surface area contributed by atoms with Gasteiger partial charge in [-0.15, -0.1) is 13.2 Å². The SMILES string of the molecule is N[C@@H](c1ccc(OC(F)(F)F)cc1)c1ccc2ccccc2n1. The highest BCUT2D eigenvalue weighted by molar-refractivity contribution is 5.78. The predicted molar refractivity (Wildman–Crippen MR) is 80.9 cm³/mol. The van der Waals surface area contributed by atoms with Gasteiger partial charge in [0.25, 0.3) is 0 Å². The van der Waals surface area contributed by atoms with Gasteiger partial charge in [0.05, 0.1) is 17.3 Å². The molecule has 0 aliphatic heterocycles. The summed E-state index contributed by atoms with van der Waals surface area (Å²) >= 11 is 0. The number of alkyl halides is 3. The van der Waals surface area contributed by atoms with Crippen LogP contribution in [0.5, 0.6) is 5.75 Å². The minimum atomic E-state index is -4.70. The van der Waals surface area contributed by atoms with E-state index in [-0.39, 0.29) is 5.75 Å².